The minimum absolute atomic E-state index is 0.179. The number of halogens is 1. The molecule has 1 amide bonds. The van der Waals surface area contributed by atoms with Gasteiger partial charge in [0.1, 0.15) is 10.8 Å². The van der Waals surface area contributed by atoms with Gasteiger partial charge >= 0.3 is 0 Å². The van der Waals surface area contributed by atoms with Crippen LogP contribution in [-0.2, 0) is 25.8 Å². The molecule has 0 radical (unpaired) electrons. The molecule has 0 spiro atoms. The molecule has 24 heavy (non-hydrogen) atoms. The lowest BCUT2D eigenvalue weighted by atomic mass is 9.98. The quantitative estimate of drug-likeness (QED) is 0.851. The van der Waals surface area contributed by atoms with Crippen molar-refractivity contribution in [3.8, 4) is 0 Å². The molecule has 130 valence electrons. The van der Waals surface area contributed by atoms with Crippen LogP contribution in [0.25, 0.3) is 0 Å². The molecule has 2 rings (SSSR count). The molecule has 1 aromatic carbocycles. The Morgan fingerprint density at radius 3 is 2.38 bits per heavy atom. The highest BCUT2D eigenvalue weighted by molar-refractivity contribution is 7.91. The predicted molar refractivity (Wildman–Crippen MR) is 96.2 cm³/mol. The van der Waals surface area contributed by atoms with Crippen LogP contribution >= 0.6 is 22.9 Å². The number of aromatic nitrogens is 2. The van der Waals surface area contributed by atoms with E-state index in [0.717, 1.165) is 5.01 Å². The summed E-state index contributed by atoms with van der Waals surface area (Å²) in [5.74, 6) is -1.46. The van der Waals surface area contributed by atoms with Gasteiger partial charge in [0.15, 0.2) is 9.84 Å². The number of nitrogens with one attached hydrogen (secondary N) is 1. The Labute approximate surface area is 150 Å². The number of hydrogen-bond acceptors (Lipinski definition) is 6. The second-order valence-corrected chi connectivity index (χ2v) is 9.85. The normalized spacial score (nSPS) is 12.2. The summed E-state index contributed by atoms with van der Waals surface area (Å²) in [5.41, 5.74) is 0.402. The summed E-state index contributed by atoms with van der Waals surface area (Å²) in [5, 5.41) is 12.0. The van der Waals surface area contributed by atoms with E-state index < -0.39 is 21.5 Å². The number of carbonyl (C=O) groups excluding carboxylic acids is 1. The van der Waals surface area contributed by atoms with E-state index in [0.29, 0.717) is 15.7 Å². The number of sulfone groups is 1. The molecule has 0 aliphatic heterocycles. The molecule has 2 aromatic rings. The Hall–Kier alpha value is -1.51. The highest BCUT2D eigenvalue weighted by Crippen LogP contribution is 2.27. The van der Waals surface area contributed by atoms with Gasteiger partial charge in [-0.25, -0.2) is 8.42 Å². The van der Waals surface area contributed by atoms with Gasteiger partial charge in [0.2, 0.25) is 11.0 Å². The average Bonchev–Trinajstić information content (AvgIpc) is 2.88. The predicted octanol–water partition coefficient (Wildman–Crippen LogP) is 3.04. The molecule has 1 aromatic heterocycles. The summed E-state index contributed by atoms with van der Waals surface area (Å²) in [6.45, 7) is 5.95. The molecule has 0 saturated carbocycles. The van der Waals surface area contributed by atoms with E-state index in [4.69, 9.17) is 11.6 Å². The zero-order valence-corrected chi connectivity index (χ0v) is 15.9. The van der Waals surface area contributed by atoms with Crippen LogP contribution in [0.15, 0.2) is 24.3 Å². The number of carbonyl (C=O) groups is 1. The zero-order chi connectivity index (χ0) is 18.0. The smallest absolute Gasteiger partial charge is 0.241 e. The first-order valence-corrected chi connectivity index (χ1v) is 10.2. The molecule has 6 nitrogen and oxygen atoms in total. The maximum Gasteiger partial charge on any atom is 0.241 e. The van der Waals surface area contributed by atoms with E-state index >= 15 is 0 Å². The molecule has 0 saturated heterocycles. The van der Waals surface area contributed by atoms with Crippen molar-refractivity contribution in [3.05, 3.63) is 39.9 Å². The second kappa shape index (κ2) is 7.16. The van der Waals surface area contributed by atoms with Crippen LogP contribution in [-0.4, -0.2) is 30.3 Å². The molecular weight excluding hydrogens is 370 g/mol. The first-order chi connectivity index (χ1) is 11.0. The van der Waals surface area contributed by atoms with Crippen LogP contribution in [0.1, 0.15) is 31.3 Å². The van der Waals surface area contributed by atoms with Crippen LogP contribution in [0.2, 0.25) is 5.02 Å². The van der Waals surface area contributed by atoms with Gasteiger partial charge in [0.25, 0.3) is 0 Å². The van der Waals surface area contributed by atoms with Crippen LogP contribution in [0.5, 0.6) is 0 Å². The molecule has 0 atom stereocenters. The Kier molecular flexibility index (Phi) is 5.62. The molecule has 0 unspecified atom stereocenters. The van der Waals surface area contributed by atoms with E-state index in [1.807, 2.05) is 20.8 Å². The maximum absolute atomic E-state index is 12.1. The van der Waals surface area contributed by atoms with E-state index in [9.17, 15) is 13.2 Å². The second-order valence-electron chi connectivity index (χ2n) is 6.37. The van der Waals surface area contributed by atoms with Crippen LogP contribution < -0.4 is 5.32 Å². The fourth-order valence-electron chi connectivity index (χ4n) is 1.82. The summed E-state index contributed by atoms with van der Waals surface area (Å²) in [4.78, 5) is 12.0. The lowest BCUT2D eigenvalue weighted by molar-refractivity contribution is -0.113. The number of amides is 1. The Morgan fingerprint density at radius 2 is 1.83 bits per heavy atom. The fraction of sp³-hybridized carbons (Fsp3) is 0.400. The Balaban J connectivity index is 1.98. The Morgan fingerprint density at radius 1 is 1.21 bits per heavy atom. The number of hydrogen-bond donors (Lipinski definition) is 1. The average molecular weight is 388 g/mol. The van der Waals surface area contributed by atoms with Gasteiger partial charge in [-0.2, -0.15) is 0 Å². The first-order valence-electron chi connectivity index (χ1n) is 7.14. The molecule has 0 aliphatic carbocycles. The van der Waals surface area contributed by atoms with E-state index in [2.05, 4.69) is 15.5 Å². The number of benzene rings is 1. The zero-order valence-electron chi connectivity index (χ0n) is 13.5. The van der Waals surface area contributed by atoms with Gasteiger partial charge in [-0.3, -0.25) is 10.1 Å². The van der Waals surface area contributed by atoms with Gasteiger partial charge in [-0.05, 0) is 17.7 Å². The lowest BCUT2D eigenvalue weighted by Gasteiger charge is -2.12. The van der Waals surface area contributed by atoms with Crippen molar-refractivity contribution in [2.75, 3.05) is 11.1 Å². The summed E-state index contributed by atoms with van der Waals surface area (Å²) in [6.07, 6.45) is 0. The maximum atomic E-state index is 12.1. The van der Waals surface area contributed by atoms with Gasteiger partial charge in [-0.15, -0.1) is 10.2 Å². The number of anilines is 1. The minimum atomic E-state index is -3.59. The molecule has 9 heteroatoms. The van der Waals surface area contributed by atoms with Crippen molar-refractivity contribution in [2.45, 2.75) is 31.9 Å². The van der Waals surface area contributed by atoms with Gasteiger partial charge in [0, 0.05) is 10.4 Å². The van der Waals surface area contributed by atoms with E-state index in [-0.39, 0.29) is 11.2 Å². The minimum Gasteiger partial charge on any atom is -0.300 e. The van der Waals surface area contributed by atoms with E-state index in [1.54, 1.807) is 24.3 Å². The molecule has 1 heterocycles. The number of rotatable bonds is 5. The largest absolute Gasteiger partial charge is 0.300 e. The molecule has 0 fully saturated rings. The first kappa shape index (κ1) is 18.8. The molecule has 0 bridgehead atoms. The summed E-state index contributed by atoms with van der Waals surface area (Å²) in [7, 11) is -3.59. The fourth-order valence-corrected chi connectivity index (χ4v) is 4.04. The topological polar surface area (TPSA) is 89.0 Å². The SMILES string of the molecule is CC(C)(C)c1nnc(NC(=O)CS(=O)(=O)Cc2ccc(Cl)cc2)s1. The van der Waals surface area contributed by atoms with Crippen molar-refractivity contribution in [1.29, 1.82) is 0 Å². The monoisotopic (exact) mass is 387 g/mol. The molecule has 1 N–H and O–H groups in total. The number of nitrogens with zero attached hydrogens (tertiary/aromatic N) is 2. The van der Waals surface area contributed by atoms with Crippen LogP contribution in [0.3, 0.4) is 0 Å². The third kappa shape index (κ3) is 5.54. The van der Waals surface area contributed by atoms with Crippen LogP contribution in [0.4, 0.5) is 5.13 Å². The third-order valence-corrected chi connectivity index (χ3v) is 5.96. The standard InChI is InChI=1S/C15H18ClN3O3S2/c1-15(2,3)13-18-19-14(23-13)17-12(20)9-24(21,22)8-10-4-6-11(16)7-5-10/h4-7H,8-9H2,1-3H3,(H,17,19,20). The van der Waals surface area contributed by atoms with Gasteiger partial charge < -0.3 is 0 Å². The van der Waals surface area contributed by atoms with Crippen LogP contribution in [0, 0.1) is 0 Å². The van der Waals surface area contributed by atoms with Crippen molar-refractivity contribution in [3.63, 3.8) is 0 Å². The highest BCUT2D eigenvalue weighted by Gasteiger charge is 2.22. The highest BCUT2D eigenvalue weighted by atomic mass is 35.5. The Bertz CT molecular complexity index is 824. The van der Waals surface area contributed by atoms with E-state index in [1.165, 1.54) is 11.3 Å². The lowest BCUT2D eigenvalue weighted by Crippen LogP contribution is -2.23. The van der Waals surface area contributed by atoms with Gasteiger partial charge in [-0.1, -0.05) is 55.8 Å². The van der Waals surface area contributed by atoms with Crippen molar-refractivity contribution in [2.24, 2.45) is 0 Å². The summed E-state index contributed by atoms with van der Waals surface area (Å²) >= 11 is 7.00. The van der Waals surface area contributed by atoms with Crippen molar-refractivity contribution in [1.82, 2.24) is 10.2 Å². The summed E-state index contributed by atoms with van der Waals surface area (Å²) in [6, 6.07) is 6.47. The third-order valence-electron chi connectivity index (χ3n) is 2.96. The molecular formula is C15H18ClN3O3S2. The summed E-state index contributed by atoms with van der Waals surface area (Å²) < 4.78 is 24.2. The van der Waals surface area contributed by atoms with Crippen molar-refractivity contribution >= 4 is 43.8 Å². The van der Waals surface area contributed by atoms with Gasteiger partial charge in [0.05, 0.1) is 5.75 Å². The molecule has 0 aliphatic rings. The van der Waals surface area contributed by atoms with Crippen molar-refractivity contribution < 1.29 is 13.2 Å².